The Morgan fingerprint density at radius 2 is 1.88 bits per heavy atom. The molecule has 4 heteroatoms. The summed E-state index contributed by atoms with van der Waals surface area (Å²) in [7, 11) is 1.70. The van der Waals surface area contributed by atoms with Crippen molar-refractivity contribution in [1.29, 1.82) is 0 Å². The maximum absolute atomic E-state index is 5.42. The van der Waals surface area contributed by atoms with Gasteiger partial charge in [-0.25, -0.2) is 0 Å². The van der Waals surface area contributed by atoms with Crippen molar-refractivity contribution >= 4 is 16.6 Å². The van der Waals surface area contributed by atoms with Crippen molar-refractivity contribution in [3.63, 3.8) is 0 Å². The number of benzene rings is 1. The van der Waals surface area contributed by atoms with Crippen LogP contribution in [0.25, 0.3) is 10.9 Å². The lowest BCUT2D eigenvalue weighted by Crippen LogP contribution is -2.42. The zero-order valence-electron chi connectivity index (χ0n) is 15.7. The number of rotatable bonds is 9. The second-order valence-corrected chi connectivity index (χ2v) is 6.43. The first kappa shape index (κ1) is 18.5. The third-order valence-electron chi connectivity index (χ3n) is 4.91. The fourth-order valence-electron chi connectivity index (χ4n) is 3.08. The monoisotopic (exact) mass is 329 g/mol. The van der Waals surface area contributed by atoms with Gasteiger partial charge in [-0.1, -0.05) is 19.9 Å². The number of methoxy groups -OCH3 is 1. The lowest BCUT2D eigenvalue weighted by molar-refractivity contribution is 0.152. The molecule has 0 saturated carbocycles. The first-order chi connectivity index (χ1) is 11.6. The highest BCUT2D eigenvalue weighted by Gasteiger charge is 2.17. The van der Waals surface area contributed by atoms with Crippen molar-refractivity contribution in [2.24, 2.45) is 0 Å². The number of pyridine rings is 1. The standard InChI is InChI=1S/C20H31N3O/c1-6-15(3)23(16(4)7-2)12-11-21-19-14-18(24-5)13-17-9-8-10-22-20(17)19/h8-10,13-16,21H,6-7,11-12H2,1-5H3. The molecule has 0 saturated heterocycles. The van der Waals surface area contributed by atoms with E-state index in [-0.39, 0.29) is 0 Å². The van der Waals surface area contributed by atoms with Crippen LogP contribution < -0.4 is 10.1 Å². The third kappa shape index (κ3) is 4.38. The topological polar surface area (TPSA) is 37.4 Å². The number of nitrogens with zero attached hydrogens (tertiary/aromatic N) is 2. The summed E-state index contributed by atoms with van der Waals surface area (Å²) in [4.78, 5) is 7.11. The van der Waals surface area contributed by atoms with Gasteiger partial charge in [0.1, 0.15) is 5.75 Å². The Balaban J connectivity index is 2.12. The summed E-state index contributed by atoms with van der Waals surface area (Å²) in [5, 5.41) is 4.66. The summed E-state index contributed by atoms with van der Waals surface area (Å²) in [6.07, 6.45) is 4.19. The maximum atomic E-state index is 5.42. The van der Waals surface area contributed by atoms with Gasteiger partial charge in [-0.05, 0) is 38.8 Å². The van der Waals surface area contributed by atoms with E-state index in [4.69, 9.17) is 4.74 Å². The van der Waals surface area contributed by atoms with Gasteiger partial charge >= 0.3 is 0 Å². The van der Waals surface area contributed by atoms with Gasteiger partial charge < -0.3 is 10.1 Å². The fourth-order valence-corrected chi connectivity index (χ4v) is 3.08. The number of fused-ring (bicyclic) bond motifs is 1. The van der Waals surface area contributed by atoms with Crippen LogP contribution in [0.1, 0.15) is 40.5 Å². The van der Waals surface area contributed by atoms with Crippen LogP contribution >= 0.6 is 0 Å². The molecule has 4 nitrogen and oxygen atoms in total. The molecule has 2 unspecified atom stereocenters. The molecule has 2 atom stereocenters. The van der Waals surface area contributed by atoms with Crippen molar-refractivity contribution in [2.75, 3.05) is 25.5 Å². The lowest BCUT2D eigenvalue weighted by atomic mass is 10.1. The summed E-state index contributed by atoms with van der Waals surface area (Å²) in [5.41, 5.74) is 2.04. The van der Waals surface area contributed by atoms with E-state index in [9.17, 15) is 0 Å². The van der Waals surface area contributed by atoms with Gasteiger partial charge in [0.25, 0.3) is 0 Å². The summed E-state index contributed by atoms with van der Waals surface area (Å²) < 4.78 is 5.42. The molecule has 0 spiro atoms. The predicted octanol–water partition coefficient (Wildman–Crippen LogP) is 4.55. The zero-order valence-corrected chi connectivity index (χ0v) is 15.7. The SMILES string of the molecule is CCC(C)N(CCNc1cc(OC)cc2cccnc12)C(C)CC. The highest BCUT2D eigenvalue weighted by atomic mass is 16.5. The van der Waals surface area contributed by atoms with Crippen molar-refractivity contribution < 1.29 is 4.74 Å². The molecule has 0 aliphatic rings. The molecule has 0 amide bonds. The smallest absolute Gasteiger partial charge is 0.121 e. The average molecular weight is 329 g/mol. The Kier molecular flexibility index (Phi) is 6.85. The quantitative estimate of drug-likeness (QED) is 0.732. The fraction of sp³-hybridized carbons (Fsp3) is 0.550. The van der Waals surface area contributed by atoms with Crippen molar-refractivity contribution in [1.82, 2.24) is 9.88 Å². The van der Waals surface area contributed by atoms with Gasteiger partial charge in [0, 0.05) is 42.8 Å². The Labute approximate surface area is 146 Å². The van der Waals surface area contributed by atoms with Crippen molar-refractivity contribution in [2.45, 2.75) is 52.6 Å². The number of ether oxygens (including phenoxy) is 1. The molecule has 1 N–H and O–H groups in total. The van der Waals surface area contributed by atoms with Gasteiger partial charge in [0.2, 0.25) is 0 Å². The van der Waals surface area contributed by atoms with E-state index in [1.54, 1.807) is 7.11 Å². The van der Waals surface area contributed by atoms with Crippen LogP contribution in [-0.2, 0) is 0 Å². The molecular weight excluding hydrogens is 298 g/mol. The van der Waals surface area contributed by atoms with Crippen LogP contribution in [0, 0.1) is 0 Å². The summed E-state index contributed by atoms with van der Waals surface area (Å²) in [5.74, 6) is 0.860. The van der Waals surface area contributed by atoms with Crippen molar-refractivity contribution in [3.05, 3.63) is 30.5 Å². The molecule has 2 aromatic rings. The molecule has 0 aliphatic heterocycles. The van der Waals surface area contributed by atoms with E-state index in [1.165, 1.54) is 12.8 Å². The minimum absolute atomic E-state index is 0.599. The van der Waals surface area contributed by atoms with Gasteiger partial charge in [0.05, 0.1) is 18.3 Å². The second kappa shape index (κ2) is 8.88. The van der Waals surface area contributed by atoms with Crippen LogP contribution in [0.15, 0.2) is 30.5 Å². The summed E-state index contributed by atoms with van der Waals surface area (Å²) in [6.45, 7) is 11.1. The molecule has 132 valence electrons. The Bertz CT molecular complexity index is 634. The highest BCUT2D eigenvalue weighted by molar-refractivity contribution is 5.91. The van der Waals surface area contributed by atoms with Crippen LogP contribution in [0.3, 0.4) is 0 Å². The van der Waals surface area contributed by atoms with E-state index in [1.807, 2.05) is 24.4 Å². The first-order valence-electron chi connectivity index (χ1n) is 9.03. The molecule has 24 heavy (non-hydrogen) atoms. The largest absolute Gasteiger partial charge is 0.497 e. The maximum Gasteiger partial charge on any atom is 0.121 e. The van der Waals surface area contributed by atoms with Gasteiger partial charge in [0.15, 0.2) is 0 Å². The van der Waals surface area contributed by atoms with Gasteiger partial charge in [-0.3, -0.25) is 9.88 Å². The molecular formula is C20H31N3O. The number of anilines is 1. The molecule has 1 heterocycles. The minimum atomic E-state index is 0.599. The normalized spacial score (nSPS) is 13.9. The molecule has 0 bridgehead atoms. The van der Waals surface area contributed by atoms with Crippen LogP contribution in [0.5, 0.6) is 5.75 Å². The molecule has 1 aromatic heterocycles. The minimum Gasteiger partial charge on any atom is -0.497 e. The third-order valence-corrected chi connectivity index (χ3v) is 4.91. The zero-order chi connectivity index (χ0) is 17.5. The predicted molar refractivity (Wildman–Crippen MR) is 103 cm³/mol. The number of aromatic nitrogens is 1. The number of hydrogen-bond donors (Lipinski definition) is 1. The highest BCUT2D eigenvalue weighted by Crippen LogP contribution is 2.27. The summed E-state index contributed by atoms with van der Waals surface area (Å²) >= 11 is 0. The average Bonchev–Trinajstić information content (AvgIpc) is 2.63. The van der Waals surface area contributed by atoms with E-state index in [0.29, 0.717) is 12.1 Å². The Morgan fingerprint density at radius 1 is 1.17 bits per heavy atom. The number of nitrogens with one attached hydrogen (secondary N) is 1. The summed E-state index contributed by atoms with van der Waals surface area (Å²) in [6, 6.07) is 9.29. The number of hydrogen-bond acceptors (Lipinski definition) is 4. The van der Waals surface area contributed by atoms with Crippen molar-refractivity contribution in [3.8, 4) is 5.75 Å². The molecule has 0 aliphatic carbocycles. The van der Waals surface area contributed by atoms with E-state index < -0.39 is 0 Å². The second-order valence-electron chi connectivity index (χ2n) is 6.43. The van der Waals surface area contributed by atoms with Crippen LogP contribution in [0.2, 0.25) is 0 Å². The molecule has 0 fully saturated rings. The molecule has 0 radical (unpaired) electrons. The van der Waals surface area contributed by atoms with E-state index in [0.717, 1.165) is 35.4 Å². The van der Waals surface area contributed by atoms with E-state index in [2.05, 4.69) is 49.0 Å². The lowest BCUT2D eigenvalue weighted by Gasteiger charge is -2.34. The Hall–Kier alpha value is -1.81. The van der Waals surface area contributed by atoms with Crippen LogP contribution in [0.4, 0.5) is 5.69 Å². The Morgan fingerprint density at radius 3 is 2.50 bits per heavy atom. The van der Waals surface area contributed by atoms with Crippen LogP contribution in [-0.4, -0.2) is 42.2 Å². The molecule has 1 aromatic carbocycles. The van der Waals surface area contributed by atoms with Gasteiger partial charge in [-0.15, -0.1) is 0 Å². The van der Waals surface area contributed by atoms with Gasteiger partial charge in [-0.2, -0.15) is 0 Å². The first-order valence-corrected chi connectivity index (χ1v) is 9.03. The molecule has 2 rings (SSSR count). The van der Waals surface area contributed by atoms with E-state index >= 15 is 0 Å².